The normalized spacial score (nSPS) is 12.4. The van der Waals surface area contributed by atoms with Gasteiger partial charge in [-0.15, -0.1) is 5.10 Å². The third-order valence-corrected chi connectivity index (χ3v) is 4.05. The predicted molar refractivity (Wildman–Crippen MR) is 98.6 cm³/mol. The van der Waals surface area contributed by atoms with Crippen LogP contribution in [0.25, 0.3) is 28.1 Å². The average Bonchev–Trinajstić information content (AvgIpc) is 3.22. The van der Waals surface area contributed by atoms with E-state index in [1.54, 1.807) is 41.0 Å². The summed E-state index contributed by atoms with van der Waals surface area (Å²) in [4.78, 5) is 15.4. The maximum absolute atomic E-state index is 11.0. The zero-order valence-electron chi connectivity index (χ0n) is 14.8. The molecule has 138 valence electrons. The molecule has 0 aliphatic carbocycles. The molecule has 3 heterocycles. The molecule has 0 saturated heterocycles. The van der Waals surface area contributed by atoms with Gasteiger partial charge in [-0.25, -0.2) is 9.50 Å². The van der Waals surface area contributed by atoms with Crippen LogP contribution >= 0.6 is 0 Å². The Balaban J connectivity index is 1.66. The van der Waals surface area contributed by atoms with Gasteiger partial charge in [-0.05, 0) is 31.2 Å². The van der Waals surface area contributed by atoms with Crippen molar-refractivity contribution in [2.24, 2.45) is 0 Å². The highest BCUT2D eigenvalue weighted by Gasteiger charge is 2.14. The van der Waals surface area contributed by atoms with E-state index < -0.39 is 0 Å². The van der Waals surface area contributed by atoms with Crippen molar-refractivity contribution < 1.29 is 19.1 Å². The first-order chi connectivity index (χ1) is 13.0. The Morgan fingerprint density at radius 2 is 2.19 bits per heavy atom. The molecule has 8 heteroatoms. The maximum atomic E-state index is 11.0. The smallest absolute Gasteiger partial charge is 0.232 e. The van der Waals surface area contributed by atoms with Crippen molar-refractivity contribution in [2.45, 2.75) is 20.0 Å². The molecule has 4 rings (SSSR count). The molecule has 0 spiro atoms. The van der Waals surface area contributed by atoms with E-state index >= 15 is 0 Å². The highest BCUT2D eigenvalue weighted by atomic mass is 16.5. The summed E-state index contributed by atoms with van der Waals surface area (Å²) in [6, 6.07) is 10.3. The average molecular weight is 366 g/mol. The standard InChI is InChI=1S/C19H18N4O4/c1-11(9-20-12(2)24)26-19-6-5-18-21-10-15(23(18)22-19)17-7-13-3-4-14(25)8-16(13)27-17/h3-8,10-11,25H,9H2,1-2H3,(H,20,24). The van der Waals surface area contributed by atoms with E-state index in [0.29, 0.717) is 35.1 Å². The minimum Gasteiger partial charge on any atom is -0.508 e. The van der Waals surface area contributed by atoms with Gasteiger partial charge < -0.3 is 19.6 Å². The van der Waals surface area contributed by atoms with Crippen LogP contribution in [0, 0.1) is 0 Å². The summed E-state index contributed by atoms with van der Waals surface area (Å²) in [7, 11) is 0. The first kappa shape index (κ1) is 16.9. The molecule has 8 nitrogen and oxygen atoms in total. The van der Waals surface area contributed by atoms with Crippen LogP contribution in [0.4, 0.5) is 0 Å². The number of aromatic nitrogens is 3. The largest absolute Gasteiger partial charge is 0.508 e. The van der Waals surface area contributed by atoms with Crippen LogP contribution in [0.15, 0.2) is 47.0 Å². The highest BCUT2D eigenvalue weighted by molar-refractivity contribution is 5.83. The number of furan rings is 1. The van der Waals surface area contributed by atoms with Gasteiger partial charge in [0.1, 0.15) is 23.1 Å². The molecule has 1 unspecified atom stereocenters. The van der Waals surface area contributed by atoms with E-state index in [2.05, 4.69) is 15.4 Å². The molecule has 0 fully saturated rings. The molecule has 0 radical (unpaired) electrons. The number of aromatic hydroxyl groups is 1. The van der Waals surface area contributed by atoms with Crippen molar-refractivity contribution in [1.29, 1.82) is 0 Å². The molecule has 2 N–H and O–H groups in total. The predicted octanol–water partition coefficient (Wildman–Crippen LogP) is 2.75. The lowest BCUT2D eigenvalue weighted by atomic mass is 10.2. The number of carbonyl (C=O) groups is 1. The number of phenolic OH excluding ortho intramolecular Hbond substituents is 1. The molecule has 1 aromatic carbocycles. The molecular weight excluding hydrogens is 348 g/mol. The van der Waals surface area contributed by atoms with Crippen LogP contribution in [0.3, 0.4) is 0 Å². The number of hydrogen-bond acceptors (Lipinski definition) is 6. The molecule has 0 bridgehead atoms. The number of nitrogens with zero attached hydrogens (tertiary/aromatic N) is 3. The van der Waals surface area contributed by atoms with Gasteiger partial charge in [0.15, 0.2) is 11.4 Å². The number of amides is 1. The molecule has 0 aliphatic heterocycles. The summed E-state index contributed by atoms with van der Waals surface area (Å²) in [5, 5.41) is 17.7. The van der Waals surface area contributed by atoms with Crippen molar-refractivity contribution in [2.75, 3.05) is 6.54 Å². The number of nitrogens with one attached hydrogen (secondary N) is 1. The maximum Gasteiger partial charge on any atom is 0.232 e. The number of ether oxygens (including phenoxy) is 1. The highest BCUT2D eigenvalue weighted by Crippen LogP contribution is 2.30. The number of imidazole rings is 1. The van der Waals surface area contributed by atoms with Crippen molar-refractivity contribution >= 4 is 22.5 Å². The van der Waals surface area contributed by atoms with Gasteiger partial charge in [-0.2, -0.15) is 0 Å². The van der Waals surface area contributed by atoms with Gasteiger partial charge in [0.25, 0.3) is 0 Å². The van der Waals surface area contributed by atoms with Crippen LogP contribution in [-0.4, -0.2) is 38.3 Å². The summed E-state index contributed by atoms with van der Waals surface area (Å²) < 4.78 is 13.2. The molecule has 1 amide bonds. The fraction of sp³-hybridized carbons (Fsp3) is 0.211. The summed E-state index contributed by atoms with van der Waals surface area (Å²) in [6.07, 6.45) is 1.43. The lowest BCUT2D eigenvalue weighted by molar-refractivity contribution is -0.119. The van der Waals surface area contributed by atoms with Crippen molar-refractivity contribution in [3.63, 3.8) is 0 Å². The van der Waals surface area contributed by atoms with Crippen molar-refractivity contribution in [3.8, 4) is 23.1 Å². The summed E-state index contributed by atoms with van der Waals surface area (Å²) >= 11 is 0. The van der Waals surface area contributed by atoms with Gasteiger partial charge in [-0.1, -0.05) is 0 Å². The Morgan fingerprint density at radius 1 is 1.33 bits per heavy atom. The van der Waals surface area contributed by atoms with Gasteiger partial charge in [0.05, 0.1) is 12.7 Å². The number of benzene rings is 1. The van der Waals surface area contributed by atoms with Crippen molar-refractivity contribution in [1.82, 2.24) is 19.9 Å². The molecular formula is C19H18N4O4. The lowest BCUT2D eigenvalue weighted by Gasteiger charge is -2.14. The molecule has 0 aliphatic rings. The number of hydrogen-bond donors (Lipinski definition) is 2. The van der Waals surface area contributed by atoms with E-state index in [1.807, 2.05) is 13.0 Å². The van der Waals surface area contributed by atoms with Crippen LogP contribution in [0.2, 0.25) is 0 Å². The third-order valence-electron chi connectivity index (χ3n) is 4.05. The van der Waals surface area contributed by atoms with Crippen molar-refractivity contribution in [3.05, 3.63) is 42.6 Å². The zero-order chi connectivity index (χ0) is 19.0. The van der Waals surface area contributed by atoms with E-state index in [-0.39, 0.29) is 17.8 Å². The Morgan fingerprint density at radius 3 is 3.00 bits per heavy atom. The molecule has 1 atom stereocenters. The van der Waals surface area contributed by atoms with E-state index in [4.69, 9.17) is 9.15 Å². The fourth-order valence-corrected chi connectivity index (χ4v) is 2.77. The van der Waals surface area contributed by atoms with Gasteiger partial charge in [0.2, 0.25) is 11.8 Å². The Hall–Kier alpha value is -3.55. The fourth-order valence-electron chi connectivity index (χ4n) is 2.77. The quantitative estimate of drug-likeness (QED) is 0.563. The number of phenols is 1. The van der Waals surface area contributed by atoms with Gasteiger partial charge >= 0.3 is 0 Å². The van der Waals surface area contributed by atoms with Gasteiger partial charge in [-0.3, -0.25) is 4.79 Å². The van der Waals surface area contributed by atoms with E-state index in [1.165, 1.54) is 6.92 Å². The topological polar surface area (TPSA) is 102 Å². The Kier molecular flexibility index (Phi) is 4.15. The lowest BCUT2D eigenvalue weighted by Crippen LogP contribution is -2.32. The molecule has 3 aromatic heterocycles. The van der Waals surface area contributed by atoms with Crippen LogP contribution in [0.5, 0.6) is 11.6 Å². The summed E-state index contributed by atoms with van der Waals surface area (Å²) in [5.74, 6) is 1.03. The number of rotatable bonds is 5. The first-order valence-electron chi connectivity index (χ1n) is 8.48. The molecule has 27 heavy (non-hydrogen) atoms. The van der Waals surface area contributed by atoms with Gasteiger partial charge in [0, 0.05) is 24.4 Å². The number of carbonyl (C=O) groups excluding carboxylic acids is 1. The second-order valence-electron chi connectivity index (χ2n) is 6.28. The molecule has 0 saturated carbocycles. The minimum absolute atomic E-state index is 0.110. The zero-order valence-corrected chi connectivity index (χ0v) is 14.8. The SMILES string of the molecule is CC(=O)NCC(C)Oc1ccc2ncc(-c3cc4ccc(O)cc4o3)n2n1. The van der Waals surface area contributed by atoms with E-state index in [9.17, 15) is 9.90 Å². The number of fused-ring (bicyclic) bond motifs is 2. The Labute approximate surface area is 154 Å². The van der Waals surface area contributed by atoms with Crippen LogP contribution in [0.1, 0.15) is 13.8 Å². The Bertz CT molecular complexity index is 1130. The summed E-state index contributed by atoms with van der Waals surface area (Å²) in [5.41, 5.74) is 1.90. The first-order valence-corrected chi connectivity index (χ1v) is 8.48. The molecule has 4 aromatic rings. The van der Waals surface area contributed by atoms with E-state index in [0.717, 1.165) is 5.39 Å². The summed E-state index contributed by atoms with van der Waals surface area (Å²) in [6.45, 7) is 3.70. The van der Waals surface area contributed by atoms with Crippen LogP contribution in [-0.2, 0) is 4.79 Å². The van der Waals surface area contributed by atoms with Crippen LogP contribution < -0.4 is 10.1 Å². The monoisotopic (exact) mass is 366 g/mol. The third kappa shape index (κ3) is 3.41. The second-order valence-corrected chi connectivity index (χ2v) is 6.28. The second kappa shape index (κ2) is 6.64. The minimum atomic E-state index is -0.236.